The van der Waals surface area contributed by atoms with Crippen LogP contribution in [0.5, 0.6) is 0 Å². The lowest BCUT2D eigenvalue weighted by molar-refractivity contribution is 0.788. The maximum Gasteiger partial charge on any atom is 0.224 e. The molecule has 6 heteroatoms. The molecule has 3 heterocycles. The average Bonchev–Trinajstić information content (AvgIpc) is 2.73. The summed E-state index contributed by atoms with van der Waals surface area (Å²) >= 11 is 5.77. The first-order valence-electron chi connectivity index (χ1n) is 5.06. The lowest BCUT2D eigenvalue weighted by Gasteiger charge is -2.02. The summed E-state index contributed by atoms with van der Waals surface area (Å²) in [6.07, 6.45) is 5.08. The minimum absolute atomic E-state index is 0.222. The van der Waals surface area contributed by atoms with E-state index in [0.717, 1.165) is 16.9 Å². The molecule has 0 saturated carbocycles. The van der Waals surface area contributed by atoms with Gasteiger partial charge in [-0.2, -0.15) is 4.98 Å². The first kappa shape index (κ1) is 10.2. The lowest BCUT2D eigenvalue weighted by Crippen LogP contribution is -2.01. The van der Waals surface area contributed by atoms with Crippen LogP contribution in [0.15, 0.2) is 36.9 Å². The second kappa shape index (κ2) is 4.10. The second-order valence-electron chi connectivity index (χ2n) is 3.54. The van der Waals surface area contributed by atoms with Gasteiger partial charge in [-0.25, -0.2) is 9.97 Å². The second-order valence-corrected chi connectivity index (χ2v) is 3.88. The number of fused-ring (bicyclic) bond motifs is 1. The lowest BCUT2D eigenvalue weighted by atomic mass is 10.3. The van der Waals surface area contributed by atoms with Crippen LogP contribution in [0.2, 0.25) is 5.28 Å². The topological polar surface area (TPSA) is 56.5 Å². The highest BCUT2D eigenvalue weighted by atomic mass is 35.5. The first-order valence-corrected chi connectivity index (χ1v) is 5.44. The van der Waals surface area contributed by atoms with Crippen molar-refractivity contribution in [1.29, 1.82) is 0 Å². The van der Waals surface area contributed by atoms with Crippen LogP contribution in [0.4, 0.5) is 0 Å². The van der Waals surface area contributed by atoms with Crippen molar-refractivity contribution in [3.63, 3.8) is 0 Å². The van der Waals surface area contributed by atoms with Crippen LogP contribution in [0.3, 0.4) is 0 Å². The Morgan fingerprint density at radius 1 is 1.18 bits per heavy atom. The van der Waals surface area contributed by atoms with Gasteiger partial charge in [0.05, 0.1) is 24.8 Å². The summed E-state index contributed by atoms with van der Waals surface area (Å²) in [5, 5.41) is 0.222. The van der Waals surface area contributed by atoms with E-state index in [1.165, 1.54) is 0 Å². The van der Waals surface area contributed by atoms with Gasteiger partial charge in [0.1, 0.15) is 5.52 Å². The molecule has 0 unspecified atom stereocenters. The van der Waals surface area contributed by atoms with Crippen LogP contribution in [0.25, 0.3) is 11.2 Å². The van der Waals surface area contributed by atoms with Crippen LogP contribution in [0.1, 0.15) is 5.69 Å². The molecule has 0 radical (unpaired) electrons. The zero-order valence-electron chi connectivity index (χ0n) is 8.79. The minimum atomic E-state index is 0.222. The van der Waals surface area contributed by atoms with E-state index < -0.39 is 0 Å². The SMILES string of the molecule is Clc1ncc2ncn(Cc3ccccn3)c2n1. The molecule has 0 fully saturated rings. The summed E-state index contributed by atoms with van der Waals surface area (Å²) in [5.74, 6) is 0. The third-order valence-corrected chi connectivity index (χ3v) is 2.57. The Labute approximate surface area is 102 Å². The van der Waals surface area contributed by atoms with Gasteiger partial charge in [-0.3, -0.25) is 4.98 Å². The smallest absolute Gasteiger partial charge is 0.224 e. The molecule has 0 aliphatic carbocycles. The van der Waals surface area contributed by atoms with E-state index in [9.17, 15) is 0 Å². The fourth-order valence-corrected chi connectivity index (χ4v) is 1.75. The molecule has 5 nitrogen and oxygen atoms in total. The Kier molecular flexibility index (Phi) is 2.45. The predicted octanol–water partition coefficient (Wildman–Crippen LogP) is 1.92. The van der Waals surface area contributed by atoms with Crippen molar-refractivity contribution in [2.24, 2.45) is 0 Å². The maximum absolute atomic E-state index is 5.77. The maximum atomic E-state index is 5.77. The van der Waals surface area contributed by atoms with Gasteiger partial charge in [0.25, 0.3) is 0 Å². The van der Waals surface area contributed by atoms with Crippen molar-refractivity contribution in [3.05, 3.63) is 47.9 Å². The van der Waals surface area contributed by atoms with Crippen molar-refractivity contribution in [2.45, 2.75) is 6.54 Å². The molecule has 0 atom stereocenters. The number of nitrogens with zero attached hydrogens (tertiary/aromatic N) is 5. The molecule has 0 spiro atoms. The van der Waals surface area contributed by atoms with E-state index in [-0.39, 0.29) is 5.28 Å². The van der Waals surface area contributed by atoms with Crippen LogP contribution < -0.4 is 0 Å². The quantitative estimate of drug-likeness (QED) is 0.648. The number of hydrogen-bond acceptors (Lipinski definition) is 4. The van der Waals surface area contributed by atoms with Gasteiger partial charge in [0.15, 0.2) is 5.65 Å². The van der Waals surface area contributed by atoms with Crippen molar-refractivity contribution < 1.29 is 0 Å². The zero-order valence-corrected chi connectivity index (χ0v) is 9.54. The molecule has 17 heavy (non-hydrogen) atoms. The Hall–Kier alpha value is -2.01. The summed E-state index contributed by atoms with van der Waals surface area (Å²) in [4.78, 5) is 16.5. The minimum Gasteiger partial charge on any atom is -0.309 e. The fourth-order valence-electron chi connectivity index (χ4n) is 1.62. The molecule has 0 N–H and O–H groups in total. The van der Waals surface area contributed by atoms with E-state index in [1.54, 1.807) is 18.7 Å². The van der Waals surface area contributed by atoms with Gasteiger partial charge in [0, 0.05) is 6.20 Å². The standard InChI is InChI=1S/C11H8ClN5/c12-11-14-5-9-10(16-11)17(7-15-9)6-8-3-1-2-4-13-8/h1-5,7H,6H2. The summed E-state index contributed by atoms with van der Waals surface area (Å²) in [6, 6.07) is 5.78. The third kappa shape index (κ3) is 1.97. The molecular formula is C11H8ClN5. The number of rotatable bonds is 2. The molecule has 0 aromatic carbocycles. The van der Waals surface area contributed by atoms with Crippen LogP contribution in [-0.4, -0.2) is 24.5 Å². The number of aromatic nitrogens is 5. The molecule has 0 aliphatic rings. The summed E-state index contributed by atoms with van der Waals surface area (Å²) < 4.78 is 1.89. The highest BCUT2D eigenvalue weighted by Crippen LogP contribution is 2.12. The molecular weight excluding hydrogens is 238 g/mol. The molecule has 3 aromatic rings. The van der Waals surface area contributed by atoms with E-state index in [1.807, 2.05) is 22.8 Å². The highest BCUT2D eigenvalue weighted by molar-refractivity contribution is 6.28. The zero-order chi connectivity index (χ0) is 11.7. The summed E-state index contributed by atoms with van der Waals surface area (Å²) in [6.45, 7) is 0.616. The van der Waals surface area contributed by atoms with Crippen LogP contribution >= 0.6 is 11.6 Å². The molecule has 3 rings (SSSR count). The molecule has 0 aliphatic heterocycles. The Morgan fingerprint density at radius 2 is 2.12 bits per heavy atom. The third-order valence-electron chi connectivity index (χ3n) is 2.39. The van der Waals surface area contributed by atoms with Crippen molar-refractivity contribution in [3.8, 4) is 0 Å². The van der Waals surface area contributed by atoms with Crippen LogP contribution in [0, 0.1) is 0 Å². The van der Waals surface area contributed by atoms with Gasteiger partial charge in [-0.05, 0) is 23.7 Å². The first-order chi connectivity index (χ1) is 8.33. The molecule has 0 saturated heterocycles. The number of hydrogen-bond donors (Lipinski definition) is 0. The summed E-state index contributed by atoms with van der Waals surface area (Å²) in [7, 11) is 0. The molecule has 3 aromatic heterocycles. The Bertz CT molecular complexity index is 649. The number of pyridine rings is 1. The van der Waals surface area contributed by atoms with E-state index >= 15 is 0 Å². The molecule has 0 amide bonds. The van der Waals surface area contributed by atoms with E-state index in [4.69, 9.17) is 11.6 Å². The van der Waals surface area contributed by atoms with Gasteiger partial charge >= 0.3 is 0 Å². The largest absolute Gasteiger partial charge is 0.309 e. The van der Waals surface area contributed by atoms with E-state index in [2.05, 4.69) is 19.9 Å². The Balaban J connectivity index is 2.03. The molecule has 84 valence electrons. The number of imidazole rings is 1. The Morgan fingerprint density at radius 3 is 2.94 bits per heavy atom. The number of halogens is 1. The van der Waals surface area contributed by atoms with Crippen LogP contribution in [-0.2, 0) is 6.54 Å². The van der Waals surface area contributed by atoms with E-state index in [0.29, 0.717) is 6.54 Å². The van der Waals surface area contributed by atoms with Crippen molar-refractivity contribution in [1.82, 2.24) is 24.5 Å². The van der Waals surface area contributed by atoms with Crippen molar-refractivity contribution in [2.75, 3.05) is 0 Å². The van der Waals surface area contributed by atoms with Gasteiger partial charge in [-0.15, -0.1) is 0 Å². The van der Waals surface area contributed by atoms with Gasteiger partial charge in [-0.1, -0.05) is 6.07 Å². The summed E-state index contributed by atoms with van der Waals surface area (Å²) in [5.41, 5.74) is 2.39. The predicted molar refractivity (Wildman–Crippen MR) is 63.7 cm³/mol. The fraction of sp³-hybridized carbons (Fsp3) is 0.0909. The normalized spacial score (nSPS) is 10.9. The molecule has 0 bridgehead atoms. The monoisotopic (exact) mass is 245 g/mol. The van der Waals surface area contributed by atoms with Gasteiger partial charge in [0.2, 0.25) is 5.28 Å². The van der Waals surface area contributed by atoms with Crippen molar-refractivity contribution >= 4 is 22.8 Å². The van der Waals surface area contributed by atoms with Gasteiger partial charge < -0.3 is 4.57 Å². The highest BCUT2D eigenvalue weighted by Gasteiger charge is 2.06. The average molecular weight is 246 g/mol.